The number of amidine groups is 1. The number of nitrogens with zero attached hydrogens (tertiary/aromatic N) is 1. The Morgan fingerprint density at radius 1 is 1.31 bits per heavy atom. The highest BCUT2D eigenvalue weighted by Crippen LogP contribution is 2.38. The zero-order chi connectivity index (χ0) is 20.1. The van der Waals surface area contributed by atoms with Gasteiger partial charge in [-0.1, -0.05) is 0 Å². The number of halogens is 3. The molecule has 1 heterocycles. The first-order valence-corrected chi connectivity index (χ1v) is 9.33. The van der Waals surface area contributed by atoms with E-state index < -0.39 is 43.5 Å². The van der Waals surface area contributed by atoms with E-state index in [2.05, 4.69) is 4.99 Å². The molecule has 10 heteroatoms. The first kappa shape index (κ1) is 20.2. The Hall–Kier alpha value is -2.10. The van der Waals surface area contributed by atoms with Crippen LogP contribution in [0.3, 0.4) is 0 Å². The molecule has 1 aliphatic heterocycles. The fourth-order valence-corrected chi connectivity index (χ4v) is 4.22. The highest BCUT2D eigenvalue weighted by molar-refractivity contribution is 7.93. The molecule has 0 saturated carbocycles. The van der Waals surface area contributed by atoms with Crippen LogP contribution in [0.1, 0.15) is 33.3 Å². The number of benzene rings is 1. The molecule has 1 unspecified atom stereocenters. The molecule has 0 radical (unpaired) electrons. The molecule has 0 saturated heterocycles. The minimum absolute atomic E-state index is 0.106. The third-order valence-electron chi connectivity index (χ3n) is 4.44. The topological polar surface area (TPSA) is 102 Å². The molecule has 0 aliphatic carbocycles. The molecular formula is C16H20F3N3O3S. The van der Waals surface area contributed by atoms with E-state index in [1.807, 2.05) is 5.32 Å². The molecule has 6 nitrogen and oxygen atoms in total. The van der Waals surface area contributed by atoms with Crippen LogP contribution in [0.4, 0.5) is 18.9 Å². The summed E-state index contributed by atoms with van der Waals surface area (Å²) in [6, 6.07) is 3.13. The van der Waals surface area contributed by atoms with Crippen molar-refractivity contribution in [3.05, 3.63) is 29.6 Å². The predicted octanol–water partition coefficient (Wildman–Crippen LogP) is 2.20. The number of carbonyl (C=O) groups excluding carboxylic acids is 1. The summed E-state index contributed by atoms with van der Waals surface area (Å²) in [5.74, 6) is -6.69. The fraction of sp³-hybridized carbons (Fsp3) is 0.500. The van der Waals surface area contributed by atoms with Crippen LogP contribution in [-0.4, -0.2) is 36.6 Å². The van der Waals surface area contributed by atoms with Crippen molar-refractivity contribution in [1.29, 1.82) is 0 Å². The predicted molar refractivity (Wildman–Crippen MR) is 92.5 cm³/mol. The third-order valence-corrected chi connectivity index (χ3v) is 7.14. The van der Waals surface area contributed by atoms with Crippen LogP contribution in [0, 0.1) is 5.82 Å². The van der Waals surface area contributed by atoms with E-state index in [9.17, 15) is 26.4 Å². The molecule has 144 valence electrons. The number of rotatable bonds is 3. The molecular weight excluding hydrogens is 371 g/mol. The minimum Gasteiger partial charge on any atom is -0.386 e. The standard InChI is InChI=1S/C16H20F3N3O3S/c1-14(2)12(20)22-15(3,8-26(14,24)25)10-7-9(5-6-11(10)17)21-13(23)16(4,18)19/h5-7H,8H2,1-4H3,(H2,20,22)(H,21,23). The number of sulfone groups is 1. The quantitative estimate of drug-likeness (QED) is 0.825. The summed E-state index contributed by atoms with van der Waals surface area (Å²) in [6.45, 7) is 4.61. The van der Waals surface area contributed by atoms with Crippen LogP contribution < -0.4 is 11.1 Å². The number of nitrogens with two attached hydrogens (primary N) is 1. The van der Waals surface area contributed by atoms with Crippen LogP contribution in [0.5, 0.6) is 0 Å². The van der Waals surface area contributed by atoms with Crippen LogP contribution in [0.15, 0.2) is 23.2 Å². The van der Waals surface area contributed by atoms with E-state index in [-0.39, 0.29) is 17.1 Å². The van der Waals surface area contributed by atoms with E-state index >= 15 is 0 Å². The van der Waals surface area contributed by atoms with E-state index in [0.717, 1.165) is 18.2 Å². The molecule has 1 aromatic carbocycles. The number of nitrogens with one attached hydrogen (secondary N) is 1. The van der Waals surface area contributed by atoms with Crippen molar-refractivity contribution in [3.63, 3.8) is 0 Å². The molecule has 3 N–H and O–H groups in total. The van der Waals surface area contributed by atoms with Gasteiger partial charge in [0.2, 0.25) is 0 Å². The molecule has 0 bridgehead atoms. The van der Waals surface area contributed by atoms with Gasteiger partial charge in [-0.05, 0) is 39.0 Å². The van der Waals surface area contributed by atoms with Crippen molar-refractivity contribution in [2.45, 2.75) is 43.9 Å². The lowest BCUT2D eigenvalue weighted by atomic mass is 9.92. The van der Waals surface area contributed by atoms with Crippen molar-refractivity contribution in [2.24, 2.45) is 10.7 Å². The Kier molecular flexibility index (Phi) is 4.64. The van der Waals surface area contributed by atoms with Crippen molar-refractivity contribution in [1.82, 2.24) is 0 Å². The zero-order valence-corrected chi connectivity index (χ0v) is 15.5. The lowest BCUT2D eigenvalue weighted by Crippen LogP contribution is -2.55. The maximum atomic E-state index is 14.4. The van der Waals surface area contributed by atoms with Gasteiger partial charge < -0.3 is 11.1 Å². The lowest BCUT2D eigenvalue weighted by Gasteiger charge is -2.38. The minimum atomic E-state index is -3.77. The van der Waals surface area contributed by atoms with Crippen molar-refractivity contribution in [3.8, 4) is 0 Å². The smallest absolute Gasteiger partial charge is 0.322 e. The van der Waals surface area contributed by atoms with Crippen LogP contribution in [0.2, 0.25) is 0 Å². The fourth-order valence-electron chi connectivity index (χ4n) is 2.54. The van der Waals surface area contributed by atoms with Gasteiger partial charge in [0.25, 0.3) is 5.91 Å². The number of carbonyl (C=O) groups is 1. The first-order chi connectivity index (χ1) is 11.6. The second-order valence-corrected chi connectivity index (χ2v) is 9.62. The molecule has 1 atom stereocenters. The number of hydrogen-bond donors (Lipinski definition) is 2. The summed E-state index contributed by atoms with van der Waals surface area (Å²) >= 11 is 0. The summed E-state index contributed by atoms with van der Waals surface area (Å²) in [4.78, 5) is 15.6. The number of anilines is 1. The van der Waals surface area contributed by atoms with Gasteiger partial charge in [0.1, 0.15) is 21.9 Å². The summed E-state index contributed by atoms with van der Waals surface area (Å²) < 4.78 is 64.2. The zero-order valence-electron chi connectivity index (χ0n) is 14.7. The van der Waals surface area contributed by atoms with Gasteiger partial charge in [0.05, 0.1) is 5.75 Å². The Morgan fingerprint density at radius 3 is 2.38 bits per heavy atom. The Labute approximate surface area is 149 Å². The molecule has 1 amide bonds. The van der Waals surface area contributed by atoms with Gasteiger partial charge in [0.15, 0.2) is 9.84 Å². The number of hydrogen-bond acceptors (Lipinski definition) is 5. The van der Waals surface area contributed by atoms with Gasteiger partial charge >= 0.3 is 5.92 Å². The van der Waals surface area contributed by atoms with Crippen molar-refractivity contribution < 1.29 is 26.4 Å². The van der Waals surface area contributed by atoms with Crippen LogP contribution in [-0.2, 0) is 20.2 Å². The molecule has 0 spiro atoms. The summed E-state index contributed by atoms with van der Waals surface area (Å²) in [5.41, 5.74) is 3.97. The highest BCUT2D eigenvalue weighted by atomic mass is 32.2. The maximum absolute atomic E-state index is 14.4. The Bertz CT molecular complexity index is 892. The van der Waals surface area contributed by atoms with Gasteiger partial charge in [-0.2, -0.15) is 8.78 Å². The lowest BCUT2D eigenvalue weighted by molar-refractivity contribution is -0.137. The molecule has 0 aromatic heterocycles. The van der Waals surface area contributed by atoms with E-state index in [0.29, 0.717) is 6.92 Å². The Balaban J connectivity index is 2.53. The van der Waals surface area contributed by atoms with Gasteiger partial charge in [-0.25, -0.2) is 12.8 Å². The average molecular weight is 391 g/mol. The van der Waals surface area contributed by atoms with E-state index in [1.165, 1.54) is 20.8 Å². The van der Waals surface area contributed by atoms with E-state index in [1.54, 1.807) is 0 Å². The normalized spacial score (nSPS) is 24.7. The SMILES string of the molecule is CC(F)(F)C(=O)Nc1ccc(F)c(C2(C)CS(=O)(=O)C(C)(C)C(N)=N2)c1. The van der Waals surface area contributed by atoms with Gasteiger partial charge in [-0.3, -0.25) is 9.79 Å². The monoisotopic (exact) mass is 391 g/mol. The van der Waals surface area contributed by atoms with Gasteiger partial charge in [0, 0.05) is 18.2 Å². The first-order valence-electron chi connectivity index (χ1n) is 7.67. The summed E-state index contributed by atoms with van der Waals surface area (Å²) in [7, 11) is -3.77. The summed E-state index contributed by atoms with van der Waals surface area (Å²) in [6.07, 6.45) is 0. The second-order valence-electron chi connectivity index (χ2n) is 7.08. The molecule has 2 rings (SSSR count). The third kappa shape index (κ3) is 3.42. The van der Waals surface area contributed by atoms with Gasteiger partial charge in [-0.15, -0.1) is 0 Å². The number of alkyl halides is 2. The molecule has 1 aromatic rings. The molecule has 0 fully saturated rings. The largest absolute Gasteiger partial charge is 0.386 e. The number of aliphatic imine (C=N–C) groups is 1. The maximum Gasteiger partial charge on any atom is 0.322 e. The highest BCUT2D eigenvalue weighted by Gasteiger charge is 2.49. The van der Waals surface area contributed by atoms with Crippen molar-refractivity contribution in [2.75, 3.05) is 11.1 Å². The second kappa shape index (κ2) is 5.97. The molecule has 1 aliphatic rings. The molecule has 26 heavy (non-hydrogen) atoms. The van der Waals surface area contributed by atoms with Crippen LogP contribution >= 0.6 is 0 Å². The summed E-state index contributed by atoms with van der Waals surface area (Å²) in [5, 5.41) is 1.97. The number of amides is 1. The Morgan fingerprint density at radius 2 is 1.88 bits per heavy atom. The average Bonchev–Trinajstić information content (AvgIpc) is 2.45. The van der Waals surface area contributed by atoms with Crippen LogP contribution in [0.25, 0.3) is 0 Å². The van der Waals surface area contributed by atoms with E-state index in [4.69, 9.17) is 5.73 Å². The van der Waals surface area contributed by atoms with Crippen molar-refractivity contribution >= 4 is 27.3 Å².